The quantitative estimate of drug-likeness (QED) is 0.621. The first-order valence-electron chi connectivity index (χ1n) is 5.52. The number of methoxy groups -OCH3 is 3. The van der Waals surface area contributed by atoms with Crippen molar-refractivity contribution in [2.75, 3.05) is 21.3 Å². The van der Waals surface area contributed by atoms with Gasteiger partial charge >= 0.3 is 11.9 Å². The van der Waals surface area contributed by atoms with Crippen LogP contribution in [-0.2, 0) is 14.3 Å². The van der Waals surface area contributed by atoms with Crippen molar-refractivity contribution in [3.63, 3.8) is 0 Å². The minimum atomic E-state index is -1.34. The van der Waals surface area contributed by atoms with Crippen molar-refractivity contribution in [3.8, 4) is 5.75 Å². The second kappa shape index (κ2) is 5.10. The predicted molar refractivity (Wildman–Crippen MR) is 72.8 cm³/mol. The number of carbonyl (C=O) groups excluding carboxylic acids is 3. The highest BCUT2D eigenvalue weighted by Gasteiger charge is 2.53. The number of ether oxygens (including phenoxy) is 3. The molecule has 108 valence electrons. The van der Waals surface area contributed by atoms with E-state index in [4.69, 9.17) is 4.74 Å². The van der Waals surface area contributed by atoms with Crippen LogP contribution in [0.4, 0.5) is 0 Å². The molecule has 0 aliphatic carbocycles. The van der Waals surface area contributed by atoms with Crippen LogP contribution in [0.2, 0.25) is 0 Å². The molecule has 2 rings (SSSR count). The SMILES string of the molecule is COC(=O)c1sc2c(c1OC)C(=O)C(C)(C(=O)OC)S2. The third kappa shape index (κ3) is 1.90. The van der Waals surface area contributed by atoms with Crippen molar-refractivity contribution in [1.29, 1.82) is 0 Å². The largest absolute Gasteiger partial charge is 0.494 e. The number of thioether (sulfide) groups is 1. The van der Waals surface area contributed by atoms with Gasteiger partial charge in [-0.25, -0.2) is 4.79 Å². The van der Waals surface area contributed by atoms with E-state index in [1.165, 1.54) is 28.3 Å². The molecule has 1 unspecified atom stereocenters. The van der Waals surface area contributed by atoms with Gasteiger partial charge in [0.1, 0.15) is 0 Å². The Bertz CT molecular complexity index is 605. The van der Waals surface area contributed by atoms with Gasteiger partial charge in [0.2, 0.25) is 0 Å². The molecule has 20 heavy (non-hydrogen) atoms. The summed E-state index contributed by atoms with van der Waals surface area (Å²) in [6.07, 6.45) is 0. The molecule has 0 aromatic carbocycles. The second-order valence-corrected chi connectivity index (χ2v) is 6.78. The van der Waals surface area contributed by atoms with Gasteiger partial charge < -0.3 is 14.2 Å². The molecule has 0 N–H and O–H groups in total. The molecule has 0 saturated carbocycles. The Morgan fingerprint density at radius 2 is 1.80 bits per heavy atom. The highest BCUT2D eigenvalue weighted by Crippen LogP contribution is 2.54. The van der Waals surface area contributed by atoms with Gasteiger partial charge in [-0.1, -0.05) is 11.8 Å². The van der Waals surface area contributed by atoms with Crippen molar-refractivity contribution in [2.24, 2.45) is 0 Å². The van der Waals surface area contributed by atoms with E-state index in [1.807, 2.05) is 0 Å². The van der Waals surface area contributed by atoms with E-state index in [9.17, 15) is 14.4 Å². The lowest BCUT2D eigenvalue weighted by Crippen LogP contribution is -2.38. The number of hydrogen-bond acceptors (Lipinski definition) is 8. The first-order chi connectivity index (χ1) is 9.40. The highest BCUT2D eigenvalue weighted by molar-refractivity contribution is 8.04. The summed E-state index contributed by atoms with van der Waals surface area (Å²) in [4.78, 5) is 36.1. The summed E-state index contributed by atoms with van der Waals surface area (Å²) in [5, 5.41) is 0. The van der Waals surface area contributed by atoms with Crippen LogP contribution in [0.15, 0.2) is 4.21 Å². The number of hydrogen-bond donors (Lipinski definition) is 0. The van der Waals surface area contributed by atoms with E-state index < -0.39 is 22.5 Å². The van der Waals surface area contributed by atoms with E-state index >= 15 is 0 Å². The monoisotopic (exact) mass is 316 g/mol. The molecular weight excluding hydrogens is 304 g/mol. The van der Waals surface area contributed by atoms with Crippen molar-refractivity contribution in [3.05, 3.63) is 10.4 Å². The van der Waals surface area contributed by atoms with E-state index in [2.05, 4.69) is 9.47 Å². The lowest BCUT2D eigenvalue weighted by molar-refractivity contribution is -0.141. The van der Waals surface area contributed by atoms with Crippen LogP contribution in [0.5, 0.6) is 5.75 Å². The Balaban J connectivity index is 2.53. The average Bonchev–Trinajstić information content (AvgIpc) is 2.92. The fraction of sp³-hybridized carbons (Fsp3) is 0.417. The van der Waals surface area contributed by atoms with Gasteiger partial charge in [0.15, 0.2) is 21.2 Å². The summed E-state index contributed by atoms with van der Waals surface area (Å²) < 4.78 is 13.7. The molecule has 1 aliphatic heterocycles. The van der Waals surface area contributed by atoms with Gasteiger partial charge in [-0.2, -0.15) is 0 Å². The Hall–Kier alpha value is -1.54. The molecule has 0 radical (unpaired) electrons. The molecule has 2 heterocycles. The fourth-order valence-corrected chi connectivity index (χ4v) is 4.74. The number of ketones is 1. The third-order valence-electron chi connectivity index (χ3n) is 2.94. The van der Waals surface area contributed by atoms with Crippen LogP contribution in [0, 0.1) is 0 Å². The summed E-state index contributed by atoms with van der Waals surface area (Å²) in [6.45, 7) is 1.50. The number of Topliss-reactive ketones (excluding diaryl/α,β-unsaturated/α-hetero) is 1. The van der Waals surface area contributed by atoms with Crippen molar-refractivity contribution in [2.45, 2.75) is 15.9 Å². The van der Waals surface area contributed by atoms with Crippen LogP contribution in [0.25, 0.3) is 0 Å². The van der Waals surface area contributed by atoms with E-state index in [1.54, 1.807) is 0 Å². The second-order valence-electron chi connectivity index (χ2n) is 4.07. The smallest absolute Gasteiger partial charge is 0.351 e. The molecular formula is C12H12O6S2. The van der Waals surface area contributed by atoms with Crippen molar-refractivity contribution in [1.82, 2.24) is 0 Å². The zero-order valence-corrected chi connectivity index (χ0v) is 12.9. The van der Waals surface area contributed by atoms with Crippen molar-refractivity contribution < 1.29 is 28.6 Å². The molecule has 0 spiro atoms. The van der Waals surface area contributed by atoms with Gasteiger partial charge in [0.25, 0.3) is 0 Å². The molecule has 1 aromatic heterocycles. The molecule has 0 fully saturated rings. The van der Waals surface area contributed by atoms with Gasteiger partial charge in [-0.3, -0.25) is 9.59 Å². The Labute approximate surface area is 123 Å². The zero-order valence-electron chi connectivity index (χ0n) is 11.3. The summed E-state index contributed by atoms with van der Waals surface area (Å²) in [7, 11) is 3.84. The standard InChI is InChI=1S/C12H12O6S2/c1-12(11(15)18-4)8(13)5-6(16-2)7(9(14)17-3)19-10(5)20-12/h1-4H3. The van der Waals surface area contributed by atoms with Gasteiger partial charge in [0.05, 0.1) is 31.1 Å². The first kappa shape index (κ1) is 14.9. The molecule has 1 atom stereocenters. The van der Waals surface area contributed by atoms with Crippen LogP contribution in [0.1, 0.15) is 27.0 Å². The predicted octanol–water partition coefficient (Wildman–Crippen LogP) is 1.76. The van der Waals surface area contributed by atoms with E-state index in [0.29, 0.717) is 4.21 Å². The van der Waals surface area contributed by atoms with E-state index in [-0.39, 0.29) is 16.2 Å². The first-order valence-corrected chi connectivity index (χ1v) is 7.15. The normalized spacial score (nSPS) is 20.5. The van der Waals surface area contributed by atoms with Crippen LogP contribution in [0.3, 0.4) is 0 Å². The van der Waals surface area contributed by atoms with Gasteiger partial charge in [0, 0.05) is 0 Å². The molecule has 1 aromatic rings. The fourth-order valence-electron chi connectivity index (χ4n) is 1.89. The molecule has 6 nitrogen and oxygen atoms in total. The van der Waals surface area contributed by atoms with Crippen LogP contribution >= 0.6 is 23.1 Å². The van der Waals surface area contributed by atoms with Crippen molar-refractivity contribution >= 4 is 40.8 Å². The topological polar surface area (TPSA) is 78.9 Å². The molecule has 1 aliphatic rings. The number of esters is 2. The zero-order chi connectivity index (χ0) is 15.1. The van der Waals surface area contributed by atoms with Crippen LogP contribution in [-0.4, -0.2) is 43.8 Å². The maximum Gasteiger partial charge on any atom is 0.351 e. The van der Waals surface area contributed by atoms with Crippen LogP contribution < -0.4 is 4.74 Å². The molecule has 0 amide bonds. The number of carbonyl (C=O) groups is 3. The maximum absolute atomic E-state index is 12.5. The van der Waals surface area contributed by atoms with Gasteiger partial charge in [-0.05, 0) is 6.92 Å². The highest BCUT2D eigenvalue weighted by atomic mass is 32.2. The molecule has 8 heteroatoms. The summed E-state index contributed by atoms with van der Waals surface area (Å²) >= 11 is 2.14. The Morgan fingerprint density at radius 3 is 2.30 bits per heavy atom. The average molecular weight is 316 g/mol. The summed E-state index contributed by atoms with van der Waals surface area (Å²) in [6, 6.07) is 0. The molecule has 0 bridgehead atoms. The van der Waals surface area contributed by atoms with E-state index in [0.717, 1.165) is 23.1 Å². The maximum atomic E-state index is 12.5. The minimum Gasteiger partial charge on any atom is -0.494 e. The lowest BCUT2D eigenvalue weighted by atomic mass is 10.0. The third-order valence-corrected chi connectivity index (χ3v) is 5.53. The summed E-state index contributed by atoms with van der Waals surface area (Å²) in [5.74, 6) is -1.47. The number of thiophene rings is 1. The Morgan fingerprint density at radius 1 is 1.15 bits per heavy atom. The lowest BCUT2D eigenvalue weighted by Gasteiger charge is -2.17. The minimum absolute atomic E-state index is 0.155. The number of fused-ring (bicyclic) bond motifs is 1. The summed E-state index contributed by atoms with van der Waals surface area (Å²) in [5.41, 5.74) is 0.246. The van der Waals surface area contributed by atoms with Gasteiger partial charge in [-0.15, -0.1) is 11.3 Å². The number of rotatable bonds is 3. The Kier molecular flexibility index (Phi) is 3.79. The molecule has 0 saturated heterocycles.